The highest BCUT2D eigenvalue weighted by Gasteiger charge is 2.14. The van der Waals surface area contributed by atoms with E-state index in [0.29, 0.717) is 6.42 Å². The summed E-state index contributed by atoms with van der Waals surface area (Å²) >= 11 is 0. The van der Waals surface area contributed by atoms with E-state index in [9.17, 15) is 5.11 Å². The first-order valence-corrected chi connectivity index (χ1v) is 6.49. The molecule has 19 heavy (non-hydrogen) atoms. The molecule has 0 amide bonds. The van der Waals surface area contributed by atoms with E-state index in [4.69, 9.17) is 0 Å². The first-order valence-electron chi connectivity index (χ1n) is 6.49. The lowest BCUT2D eigenvalue weighted by Gasteiger charge is -2.19. The first-order chi connectivity index (χ1) is 8.97. The maximum Gasteiger partial charge on any atom is 0.115 e. The molecular weight excluding hydrogens is 236 g/mol. The summed E-state index contributed by atoms with van der Waals surface area (Å²) in [6, 6.07) is 8.41. The number of nitrogens with zero attached hydrogens (tertiary/aromatic N) is 2. The summed E-state index contributed by atoms with van der Waals surface area (Å²) in [6.45, 7) is 6.58. The van der Waals surface area contributed by atoms with E-state index in [2.05, 4.69) is 55.0 Å². The minimum absolute atomic E-state index is 0.157. The van der Waals surface area contributed by atoms with E-state index < -0.39 is 6.10 Å². The molecule has 0 saturated carbocycles. The zero-order chi connectivity index (χ0) is 13.9. The van der Waals surface area contributed by atoms with Crippen LogP contribution < -0.4 is 0 Å². The van der Waals surface area contributed by atoms with Crippen LogP contribution in [0.1, 0.15) is 43.6 Å². The predicted octanol–water partition coefficient (Wildman–Crippen LogP) is 3.05. The third-order valence-corrected chi connectivity index (χ3v) is 3.21. The van der Waals surface area contributed by atoms with E-state index in [-0.39, 0.29) is 5.41 Å². The van der Waals surface area contributed by atoms with Gasteiger partial charge in [0.25, 0.3) is 0 Å². The molecule has 3 heteroatoms. The summed E-state index contributed by atoms with van der Waals surface area (Å²) in [5.74, 6) is 0. The smallest absolute Gasteiger partial charge is 0.115 e. The molecule has 1 N–H and O–H groups in total. The molecular formula is C16H20N2O. The number of aliphatic hydroxyl groups excluding tert-OH is 1. The summed E-state index contributed by atoms with van der Waals surface area (Å²) in [6.07, 6.45) is 4.80. The minimum atomic E-state index is -0.554. The van der Waals surface area contributed by atoms with Crippen LogP contribution in [0.15, 0.2) is 43.0 Å². The van der Waals surface area contributed by atoms with Gasteiger partial charge in [0.1, 0.15) is 6.33 Å². The van der Waals surface area contributed by atoms with Crippen LogP contribution in [0.5, 0.6) is 0 Å². The quantitative estimate of drug-likeness (QED) is 0.918. The van der Waals surface area contributed by atoms with Crippen molar-refractivity contribution in [3.05, 3.63) is 59.7 Å². The molecule has 1 aromatic heterocycles. The van der Waals surface area contributed by atoms with Crippen LogP contribution in [0.4, 0.5) is 0 Å². The Labute approximate surface area is 114 Å². The average Bonchev–Trinajstić information content (AvgIpc) is 2.39. The monoisotopic (exact) mass is 256 g/mol. The number of aromatic nitrogens is 2. The Bertz CT molecular complexity index is 515. The van der Waals surface area contributed by atoms with Gasteiger partial charge in [-0.1, -0.05) is 45.0 Å². The van der Waals surface area contributed by atoms with Crippen molar-refractivity contribution in [3.8, 4) is 0 Å². The summed E-state index contributed by atoms with van der Waals surface area (Å²) in [5, 5.41) is 10.1. The third kappa shape index (κ3) is 3.61. The molecule has 0 radical (unpaired) electrons. The number of aliphatic hydroxyl groups is 1. The largest absolute Gasteiger partial charge is 0.388 e. The summed E-state index contributed by atoms with van der Waals surface area (Å²) in [4.78, 5) is 7.85. The molecule has 1 atom stereocenters. The topological polar surface area (TPSA) is 46.0 Å². The van der Waals surface area contributed by atoms with Gasteiger partial charge in [-0.15, -0.1) is 0 Å². The van der Waals surface area contributed by atoms with Crippen molar-refractivity contribution >= 4 is 0 Å². The molecule has 3 nitrogen and oxygen atoms in total. The van der Waals surface area contributed by atoms with Gasteiger partial charge in [0.05, 0.1) is 6.10 Å². The maximum atomic E-state index is 10.1. The van der Waals surface area contributed by atoms with E-state index in [1.807, 2.05) is 0 Å². The molecule has 0 aliphatic rings. The Hall–Kier alpha value is -1.74. The van der Waals surface area contributed by atoms with Crippen LogP contribution in [0.2, 0.25) is 0 Å². The van der Waals surface area contributed by atoms with E-state index in [1.54, 1.807) is 12.4 Å². The average molecular weight is 256 g/mol. The van der Waals surface area contributed by atoms with E-state index in [0.717, 1.165) is 11.1 Å². The van der Waals surface area contributed by atoms with Crippen LogP contribution in [-0.4, -0.2) is 15.1 Å². The Balaban J connectivity index is 2.08. The van der Waals surface area contributed by atoms with E-state index in [1.165, 1.54) is 11.9 Å². The molecule has 1 heterocycles. The molecule has 2 aromatic rings. The molecule has 0 bridgehead atoms. The van der Waals surface area contributed by atoms with Gasteiger partial charge in [0, 0.05) is 24.4 Å². The highest BCUT2D eigenvalue weighted by Crippen LogP contribution is 2.23. The lowest BCUT2D eigenvalue weighted by atomic mass is 9.86. The fourth-order valence-corrected chi connectivity index (χ4v) is 1.96. The second kappa shape index (κ2) is 5.49. The summed E-state index contributed by atoms with van der Waals surface area (Å²) in [7, 11) is 0. The standard InChI is InChI=1S/C16H20N2O/c1-16(2,3)14-6-4-12(5-7-14)8-15(19)13-9-17-11-18-10-13/h4-7,9-11,15,19H,8H2,1-3H3. The minimum Gasteiger partial charge on any atom is -0.388 e. The fraction of sp³-hybridized carbons (Fsp3) is 0.375. The van der Waals surface area contributed by atoms with Crippen LogP contribution in [-0.2, 0) is 11.8 Å². The molecule has 0 spiro atoms. The molecule has 100 valence electrons. The van der Waals surface area contributed by atoms with Crippen molar-refractivity contribution in [2.75, 3.05) is 0 Å². The molecule has 0 aliphatic carbocycles. The van der Waals surface area contributed by atoms with Crippen molar-refractivity contribution in [3.63, 3.8) is 0 Å². The number of benzene rings is 1. The summed E-state index contributed by atoms with van der Waals surface area (Å²) in [5.41, 5.74) is 3.32. The van der Waals surface area contributed by atoms with Gasteiger partial charge in [0.2, 0.25) is 0 Å². The summed E-state index contributed by atoms with van der Waals surface area (Å²) < 4.78 is 0. The van der Waals surface area contributed by atoms with Gasteiger partial charge in [-0.25, -0.2) is 9.97 Å². The van der Waals surface area contributed by atoms with Gasteiger partial charge in [-0.3, -0.25) is 0 Å². The zero-order valence-corrected chi connectivity index (χ0v) is 11.7. The fourth-order valence-electron chi connectivity index (χ4n) is 1.96. The Morgan fingerprint density at radius 3 is 2.16 bits per heavy atom. The van der Waals surface area contributed by atoms with Crippen molar-refractivity contribution in [2.45, 2.75) is 38.7 Å². The molecule has 0 aliphatic heterocycles. The lowest BCUT2D eigenvalue weighted by Crippen LogP contribution is -2.11. The van der Waals surface area contributed by atoms with Crippen molar-refractivity contribution in [2.24, 2.45) is 0 Å². The van der Waals surface area contributed by atoms with Gasteiger partial charge >= 0.3 is 0 Å². The SMILES string of the molecule is CC(C)(C)c1ccc(CC(O)c2cncnc2)cc1. The lowest BCUT2D eigenvalue weighted by molar-refractivity contribution is 0.177. The van der Waals surface area contributed by atoms with Gasteiger partial charge < -0.3 is 5.11 Å². The highest BCUT2D eigenvalue weighted by atomic mass is 16.3. The van der Waals surface area contributed by atoms with Gasteiger partial charge in [0.15, 0.2) is 0 Å². The second-order valence-electron chi connectivity index (χ2n) is 5.84. The van der Waals surface area contributed by atoms with Gasteiger partial charge in [-0.2, -0.15) is 0 Å². The van der Waals surface area contributed by atoms with Crippen LogP contribution in [0, 0.1) is 0 Å². The predicted molar refractivity (Wildman–Crippen MR) is 75.8 cm³/mol. The normalized spacial score (nSPS) is 13.3. The highest BCUT2D eigenvalue weighted by molar-refractivity contribution is 5.28. The van der Waals surface area contributed by atoms with Crippen LogP contribution in [0.3, 0.4) is 0 Å². The molecule has 1 aromatic carbocycles. The molecule has 0 saturated heterocycles. The van der Waals surface area contributed by atoms with Crippen molar-refractivity contribution in [1.82, 2.24) is 9.97 Å². The maximum absolute atomic E-state index is 10.1. The number of hydrogen-bond donors (Lipinski definition) is 1. The second-order valence-corrected chi connectivity index (χ2v) is 5.84. The van der Waals surface area contributed by atoms with Crippen LogP contribution in [0.25, 0.3) is 0 Å². The van der Waals surface area contributed by atoms with Gasteiger partial charge in [-0.05, 0) is 16.5 Å². The first kappa shape index (κ1) is 13.7. The Morgan fingerprint density at radius 2 is 1.63 bits per heavy atom. The Morgan fingerprint density at radius 1 is 1.05 bits per heavy atom. The number of hydrogen-bond acceptors (Lipinski definition) is 3. The number of rotatable bonds is 3. The Kier molecular flexibility index (Phi) is 3.96. The third-order valence-electron chi connectivity index (χ3n) is 3.21. The molecule has 2 rings (SSSR count). The van der Waals surface area contributed by atoms with Crippen molar-refractivity contribution < 1.29 is 5.11 Å². The van der Waals surface area contributed by atoms with Crippen molar-refractivity contribution in [1.29, 1.82) is 0 Å². The van der Waals surface area contributed by atoms with Crippen LogP contribution >= 0.6 is 0 Å². The van der Waals surface area contributed by atoms with E-state index >= 15 is 0 Å². The zero-order valence-electron chi connectivity index (χ0n) is 11.7. The molecule has 1 unspecified atom stereocenters. The molecule has 0 fully saturated rings.